The van der Waals surface area contributed by atoms with Crippen molar-refractivity contribution < 1.29 is 9.47 Å². The molecule has 0 radical (unpaired) electrons. The number of H-pyrrole nitrogens is 1. The second-order valence-electron chi connectivity index (χ2n) is 6.76. The number of hydrogen-bond donors (Lipinski definition) is 2. The molecular formula is C23H24N2O2. The highest BCUT2D eigenvalue weighted by atomic mass is 16.5. The van der Waals surface area contributed by atoms with Gasteiger partial charge in [-0.2, -0.15) is 0 Å². The molecule has 1 atom stereocenters. The fourth-order valence-electron chi connectivity index (χ4n) is 3.62. The number of benzene rings is 3. The molecule has 0 fully saturated rings. The maximum Gasteiger partial charge on any atom is 0.131 e. The zero-order valence-corrected chi connectivity index (χ0v) is 15.9. The summed E-state index contributed by atoms with van der Waals surface area (Å²) >= 11 is 0. The van der Waals surface area contributed by atoms with E-state index in [9.17, 15) is 0 Å². The number of ether oxygens (including phenoxy) is 2. The number of methoxy groups -OCH3 is 2. The summed E-state index contributed by atoms with van der Waals surface area (Å²) < 4.78 is 10.9. The molecule has 0 spiro atoms. The molecule has 3 aromatic carbocycles. The van der Waals surface area contributed by atoms with Gasteiger partial charge in [0.1, 0.15) is 11.5 Å². The van der Waals surface area contributed by atoms with Crippen LogP contribution in [0.4, 0.5) is 0 Å². The summed E-state index contributed by atoms with van der Waals surface area (Å²) in [5.41, 5.74) is 3.44. The number of nitrogens with one attached hydrogen (secondary N) is 2. The van der Waals surface area contributed by atoms with Gasteiger partial charge in [0.05, 0.1) is 19.7 Å². The lowest BCUT2D eigenvalue weighted by atomic mass is 10.00. The monoisotopic (exact) mass is 360 g/mol. The van der Waals surface area contributed by atoms with Gasteiger partial charge in [-0.3, -0.25) is 0 Å². The van der Waals surface area contributed by atoms with Crippen molar-refractivity contribution in [2.45, 2.75) is 19.5 Å². The van der Waals surface area contributed by atoms with Gasteiger partial charge in [0.25, 0.3) is 0 Å². The van der Waals surface area contributed by atoms with Crippen molar-refractivity contribution in [2.75, 3.05) is 14.2 Å². The van der Waals surface area contributed by atoms with Gasteiger partial charge in [-0.15, -0.1) is 0 Å². The van der Waals surface area contributed by atoms with Crippen LogP contribution in [-0.4, -0.2) is 19.2 Å². The minimum atomic E-state index is 0.235. The molecule has 0 unspecified atom stereocenters. The smallest absolute Gasteiger partial charge is 0.131 e. The Morgan fingerprint density at radius 1 is 0.926 bits per heavy atom. The quantitative estimate of drug-likeness (QED) is 0.497. The molecular weight excluding hydrogens is 336 g/mol. The van der Waals surface area contributed by atoms with Crippen molar-refractivity contribution in [1.29, 1.82) is 0 Å². The van der Waals surface area contributed by atoms with Crippen LogP contribution in [0.25, 0.3) is 21.7 Å². The molecule has 1 heterocycles. The van der Waals surface area contributed by atoms with Crippen molar-refractivity contribution in [3.63, 3.8) is 0 Å². The van der Waals surface area contributed by atoms with E-state index in [1.165, 1.54) is 16.3 Å². The van der Waals surface area contributed by atoms with Crippen LogP contribution in [0, 0.1) is 0 Å². The summed E-state index contributed by atoms with van der Waals surface area (Å²) in [5.74, 6) is 1.60. The highest BCUT2D eigenvalue weighted by Gasteiger charge is 2.12. The third-order valence-electron chi connectivity index (χ3n) is 5.07. The van der Waals surface area contributed by atoms with Crippen molar-refractivity contribution in [3.05, 3.63) is 71.9 Å². The number of hydrogen-bond acceptors (Lipinski definition) is 3. The molecule has 4 heteroatoms. The number of aromatic amines is 1. The van der Waals surface area contributed by atoms with Gasteiger partial charge in [0, 0.05) is 35.8 Å². The molecule has 0 aliphatic carbocycles. The third-order valence-corrected chi connectivity index (χ3v) is 5.07. The van der Waals surface area contributed by atoms with Gasteiger partial charge in [-0.1, -0.05) is 42.5 Å². The fourth-order valence-corrected chi connectivity index (χ4v) is 3.62. The Kier molecular flexibility index (Phi) is 4.73. The Labute approximate surface area is 159 Å². The molecule has 0 aliphatic rings. The Bertz CT molecular complexity index is 1080. The van der Waals surface area contributed by atoms with Gasteiger partial charge in [-0.25, -0.2) is 0 Å². The SMILES string of the molecule is COc1cc(OC)c2cc(CN[C@H](C)c3cccc4ccccc34)[nH]c2c1. The van der Waals surface area contributed by atoms with Crippen LogP contribution >= 0.6 is 0 Å². The Morgan fingerprint density at radius 2 is 1.74 bits per heavy atom. The van der Waals surface area contributed by atoms with Crippen LogP contribution in [0.2, 0.25) is 0 Å². The molecule has 0 saturated carbocycles. The molecule has 0 bridgehead atoms. The maximum absolute atomic E-state index is 5.51. The standard InChI is InChI=1S/C23H24N2O2/c1-15(19-10-6-8-16-7-4-5-9-20(16)19)24-14-17-11-21-22(25-17)12-18(26-2)13-23(21)27-3/h4-13,15,24-25H,14H2,1-3H3/t15-/m1/s1. The van der Waals surface area contributed by atoms with E-state index in [1.807, 2.05) is 12.1 Å². The zero-order chi connectivity index (χ0) is 18.8. The number of aromatic nitrogens is 1. The molecule has 4 aromatic rings. The minimum Gasteiger partial charge on any atom is -0.497 e. The van der Waals surface area contributed by atoms with E-state index in [-0.39, 0.29) is 6.04 Å². The van der Waals surface area contributed by atoms with Crippen molar-refractivity contribution in [2.24, 2.45) is 0 Å². The van der Waals surface area contributed by atoms with Crippen LogP contribution < -0.4 is 14.8 Å². The van der Waals surface area contributed by atoms with E-state index in [2.05, 4.69) is 65.8 Å². The molecule has 1 aromatic heterocycles. The largest absolute Gasteiger partial charge is 0.497 e. The Morgan fingerprint density at radius 3 is 2.56 bits per heavy atom. The topological polar surface area (TPSA) is 46.3 Å². The normalized spacial score (nSPS) is 12.4. The van der Waals surface area contributed by atoms with E-state index in [1.54, 1.807) is 14.2 Å². The first kappa shape index (κ1) is 17.4. The first-order valence-corrected chi connectivity index (χ1v) is 9.14. The zero-order valence-electron chi connectivity index (χ0n) is 15.9. The highest BCUT2D eigenvalue weighted by molar-refractivity contribution is 5.88. The molecule has 27 heavy (non-hydrogen) atoms. The second-order valence-corrected chi connectivity index (χ2v) is 6.76. The molecule has 0 saturated heterocycles. The fraction of sp³-hybridized carbons (Fsp3) is 0.217. The number of fused-ring (bicyclic) bond motifs is 2. The third kappa shape index (κ3) is 3.36. The van der Waals surface area contributed by atoms with Crippen LogP contribution in [0.15, 0.2) is 60.7 Å². The summed E-state index contributed by atoms with van der Waals surface area (Å²) in [6, 6.07) is 21.3. The molecule has 0 aliphatic heterocycles. The predicted octanol–water partition coefficient (Wildman–Crippen LogP) is 5.19. The van der Waals surface area contributed by atoms with Crippen LogP contribution in [0.1, 0.15) is 24.2 Å². The second kappa shape index (κ2) is 7.33. The number of rotatable bonds is 6. The molecule has 4 nitrogen and oxygen atoms in total. The van der Waals surface area contributed by atoms with Gasteiger partial charge >= 0.3 is 0 Å². The van der Waals surface area contributed by atoms with Crippen molar-refractivity contribution in [1.82, 2.24) is 10.3 Å². The van der Waals surface area contributed by atoms with E-state index >= 15 is 0 Å². The lowest BCUT2D eigenvalue weighted by molar-refractivity contribution is 0.398. The minimum absolute atomic E-state index is 0.235. The first-order chi connectivity index (χ1) is 13.2. The lowest BCUT2D eigenvalue weighted by Gasteiger charge is -2.16. The summed E-state index contributed by atoms with van der Waals surface area (Å²) in [6.07, 6.45) is 0. The summed E-state index contributed by atoms with van der Waals surface area (Å²) in [6.45, 7) is 2.94. The average molecular weight is 360 g/mol. The summed E-state index contributed by atoms with van der Waals surface area (Å²) in [7, 11) is 3.35. The Balaban J connectivity index is 1.57. The van der Waals surface area contributed by atoms with Crippen LogP contribution in [0.5, 0.6) is 11.5 Å². The first-order valence-electron chi connectivity index (χ1n) is 9.14. The van der Waals surface area contributed by atoms with E-state index in [0.717, 1.165) is 34.6 Å². The molecule has 0 amide bonds. The molecule has 138 valence electrons. The van der Waals surface area contributed by atoms with Gasteiger partial charge in [0.15, 0.2) is 0 Å². The summed E-state index contributed by atoms with van der Waals surface area (Å²) in [5, 5.41) is 7.26. The predicted molar refractivity (Wildman–Crippen MR) is 111 cm³/mol. The van der Waals surface area contributed by atoms with Crippen LogP contribution in [-0.2, 0) is 6.54 Å². The lowest BCUT2D eigenvalue weighted by Crippen LogP contribution is -2.18. The highest BCUT2D eigenvalue weighted by Crippen LogP contribution is 2.32. The average Bonchev–Trinajstić information content (AvgIpc) is 3.13. The molecule has 2 N–H and O–H groups in total. The Hall–Kier alpha value is -2.98. The van der Waals surface area contributed by atoms with E-state index < -0.39 is 0 Å². The molecule has 4 rings (SSSR count). The van der Waals surface area contributed by atoms with Crippen molar-refractivity contribution in [3.8, 4) is 11.5 Å². The van der Waals surface area contributed by atoms with Gasteiger partial charge in [-0.05, 0) is 29.3 Å². The van der Waals surface area contributed by atoms with E-state index in [0.29, 0.717) is 0 Å². The van der Waals surface area contributed by atoms with E-state index in [4.69, 9.17) is 9.47 Å². The van der Waals surface area contributed by atoms with Crippen LogP contribution in [0.3, 0.4) is 0 Å². The van der Waals surface area contributed by atoms with Crippen molar-refractivity contribution >= 4 is 21.7 Å². The van der Waals surface area contributed by atoms with Gasteiger partial charge < -0.3 is 19.8 Å². The summed E-state index contributed by atoms with van der Waals surface area (Å²) in [4.78, 5) is 3.47. The van der Waals surface area contributed by atoms with Gasteiger partial charge in [0.2, 0.25) is 0 Å². The maximum atomic E-state index is 5.51.